The van der Waals surface area contributed by atoms with Crippen molar-refractivity contribution in [2.45, 2.75) is 19.9 Å². The second-order valence-electron chi connectivity index (χ2n) is 3.91. The lowest BCUT2D eigenvalue weighted by Crippen LogP contribution is -2.22. The molecule has 0 unspecified atom stereocenters. The van der Waals surface area contributed by atoms with Crippen molar-refractivity contribution in [1.29, 1.82) is 0 Å². The summed E-state index contributed by atoms with van der Waals surface area (Å²) in [7, 11) is 0. The fourth-order valence-electron chi connectivity index (χ4n) is 1.54. The van der Waals surface area contributed by atoms with Crippen molar-refractivity contribution in [3.8, 4) is 0 Å². The molecule has 0 saturated carbocycles. The molecular weight excluding hydrogens is 332 g/mol. The Hall–Kier alpha value is -1.33. The van der Waals surface area contributed by atoms with Crippen LogP contribution in [-0.4, -0.2) is 10.9 Å². The molecular formula is C13H12BrClN2O2. The van der Waals surface area contributed by atoms with E-state index in [1.807, 2.05) is 6.92 Å². The Kier molecular flexibility index (Phi) is 4.61. The number of carbonyl (C=O) groups is 1. The summed E-state index contributed by atoms with van der Waals surface area (Å²) in [5.74, 6) is 1.07. The zero-order valence-corrected chi connectivity index (χ0v) is 12.6. The second kappa shape index (κ2) is 6.21. The molecule has 1 amide bonds. The molecule has 2 rings (SSSR count). The van der Waals surface area contributed by atoms with E-state index < -0.39 is 0 Å². The minimum atomic E-state index is -0.223. The highest BCUT2D eigenvalue weighted by molar-refractivity contribution is 9.10. The summed E-state index contributed by atoms with van der Waals surface area (Å²) in [6, 6.07) is 5.03. The van der Waals surface area contributed by atoms with Crippen molar-refractivity contribution in [2.24, 2.45) is 0 Å². The maximum atomic E-state index is 11.9. The molecule has 1 aromatic carbocycles. The summed E-state index contributed by atoms with van der Waals surface area (Å²) in [4.78, 5) is 16.0. The average Bonchev–Trinajstić information content (AvgIpc) is 2.82. The van der Waals surface area contributed by atoms with E-state index in [9.17, 15) is 4.79 Å². The Morgan fingerprint density at radius 1 is 1.47 bits per heavy atom. The summed E-state index contributed by atoms with van der Waals surface area (Å²) in [5, 5.41) is 3.24. The number of halogens is 2. The minimum Gasteiger partial charge on any atom is -0.444 e. The number of nitrogens with zero attached hydrogens (tertiary/aromatic N) is 1. The van der Waals surface area contributed by atoms with E-state index >= 15 is 0 Å². The molecule has 100 valence electrons. The highest BCUT2D eigenvalue weighted by atomic mass is 79.9. The highest BCUT2D eigenvalue weighted by Gasteiger charge is 2.09. The first-order valence-electron chi connectivity index (χ1n) is 5.76. The van der Waals surface area contributed by atoms with Crippen LogP contribution < -0.4 is 5.32 Å². The molecule has 0 bridgehead atoms. The monoisotopic (exact) mass is 342 g/mol. The summed E-state index contributed by atoms with van der Waals surface area (Å²) < 4.78 is 6.16. The standard InChI is InChI=1S/C13H12BrClN2O2/c1-2-11-6-16-12(19-11)7-17-13(18)8-3-9(14)5-10(15)4-8/h3-6H,2,7H2,1H3,(H,17,18). The minimum absolute atomic E-state index is 0.223. The largest absolute Gasteiger partial charge is 0.444 e. The summed E-state index contributed by atoms with van der Waals surface area (Å²) in [6.45, 7) is 2.23. The summed E-state index contributed by atoms with van der Waals surface area (Å²) in [5.41, 5.74) is 0.488. The maximum Gasteiger partial charge on any atom is 0.251 e. The third kappa shape index (κ3) is 3.81. The van der Waals surface area contributed by atoms with Crippen molar-refractivity contribution in [1.82, 2.24) is 10.3 Å². The number of aromatic nitrogens is 1. The van der Waals surface area contributed by atoms with E-state index in [-0.39, 0.29) is 12.5 Å². The number of nitrogens with one attached hydrogen (secondary N) is 1. The number of hydrogen-bond acceptors (Lipinski definition) is 3. The van der Waals surface area contributed by atoms with E-state index in [2.05, 4.69) is 26.2 Å². The molecule has 0 radical (unpaired) electrons. The van der Waals surface area contributed by atoms with Crippen LogP contribution >= 0.6 is 27.5 Å². The SMILES string of the molecule is CCc1cnc(CNC(=O)c2cc(Cl)cc(Br)c2)o1. The molecule has 2 aromatic rings. The molecule has 0 aliphatic carbocycles. The van der Waals surface area contributed by atoms with Crippen molar-refractivity contribution in [3.63, 3.8) is 0 Å². The molecule has 1 N–H and O–H groups in total. The van der Waals surface area contributed by atoms with Gasteiger partial charge in [0.2, 0.25) is 5.89 Å². The first-order chi connectivity index (χ1) is 9.08. The van der Waals surface area contributed by atoms with E-state index in [1.54, 1.807) is 24.4 Å². The number of hydrogen-bond donors (Lipinski definition) is 1. The third-order valence-electron chi connectivity index (χ3n) is 2.47. The van der Waals surface area contributed by atoms with Crippen molar-refractivity contribution >= 4 is 33.4 Å². The van der Waals surface area contributed by atoms with E-state index in [4.69, 9.17) is 16.0 Å². The Morgan fingerprint density at radius 2 is 2.26 bits per heavy atom. The van der Waals surface area contributed by atoms with Gasteiger partial charge in [0.05, 0.1) is 12.7 Å². The molecule has 0 saturated heterocycles. The van der Waals surface area contributed by atoms with Gasteiger partial charge in [-0.2, -0.15) is 0 Å². The fourth-order valence-corrected chi connectivity index (χ4v) is 2.40. The number of carbonyl (C=O) groups excluding carboxylic acids is 1. The maximum absolute atomic E-state index is 11.9. The Balaban J connectivity index is 2.00. The van der Waals surface area contributed by atoms with Crippen molar-refractivity contribution in [3.05, 3.63) is 51.1 Å². The lowest BCUT2D eigenvalue weighted by atomic mass is 10.2. The molecule has 0 fully saturated rings. The lowest BCUT2D eigenvalue weighted by Gasteiger charge is -2.04. The Bertz CT molecular complexity index is 578. The van der Waals surface area contributed by atoms with Crippen LogP contribution in [0.4, 0.5) is 0 Å². The van der Waals surface area contributed by atoms with E-state index in [1.165, 1.54) is 0 Å². The molecule has 19 heavy (non-hydrogen) atoms. The molecule has 1 aromatic heterocycles. The Labute approximate surface area is 124 Å². The van der Waals surface area contributed by atoms with Gasteiger partial charge in [-0.15, -0.1) is 0 Å². The van der Waals surface area contributed by atoms with Gasteiger partial charge in [-0.1, -0.05) is 34.5 Å². The van der Waals surface area contributed by atoms with Crippen LogP contribution in [0.1, 0.15) is 28.9 Å². The number of oxazole rings is 1. The summed E-state index contributed by atoms with van der Waals surface area (Å²) in [6.07, 6.45) is 2.44. The zero-order chi connectivity index (χ0) is 13.8. The first kappa shape index (κ1) is 14.1. The average molecular weight is 344 g/mol. The zero-order valence-electron chi connectivity index (χ0n) is 10.2. The number of aryl methyl sites for hydroxylation is 1. The van der Waals surface area contributed by atoms with E-state index in [0.29, 0.717) is 16.5 Å². The molecule has 1 heterocycles. The van der Waals surface area contributed by atoms with Crippen LogP contribution in [0, 0.1) is 0 Å². The molecule has 0 aliphatic rings. The fraction of sp³-hybridized carbons (Fsp3) is 0.231. The normalized spacial score (nSPS) is 10.5. The van der Waals surface area contributed by atoms with Gasteiger partial charge in [0.15, 0.2) is 0 Å². The Morgan fingerprint density at radius 3 is 2.89 bits per heavy atom. The van der Waals surface area contributed by atoms with Gasteiger partial charge in [0, 0.05) is 21.5 Å². The summed E-state index contributed by atoms with van der Waals surface area (Å²) >= 11 is 9.19. The first-order valence-corrected chi connectivity index (χ1v) is 6.93. The van der Waals surface area contributed by atoms with Crippen molar-refractivity contribution < 1.29 is 9.21 Å². The van der Waals surface area contributed by atoms with Crippen LogP contribution in [0.3, 0.4) is 0 Å². The number of benzene rings is 1. The second-order valence-corrected chi connectivity index (χ2v) is 5.27. The van der Waals surface area contributed by atoms with Gasteiger partial charge in [0.1, 0.15) is 5.76 Å². The molecule has 4 nitrogen and oxygen atoms in total. The third-order valence-corrected chi connectivity index (χ3v) is 3.15. The molecule has 0 spiro atoms. The predicted octanol–water partition coefficient (Wildman–Crippen LogP) is 3.58. The lowest BCUT2D eigenvalue weighted by molar-refractivity contribution is 0.0947. The van der Waals surface area contributed by atoms with Gasteiger partial charge in [-0.25, -0.2) is 4.98 Å². The van der Waals surface area contributed by atoms with Gasteiger partial charge < -0.3 is 9.73 Å². The van der Waals surface area contributed by atoms with Crippen LogP contribution in [0.15, 0.2) is 33.3 Å². The quantitative estimate of drug-likeness (QED) is 0.923. The molecule has 6 heteroatoms. The molecule has 0 atom stereocenters. The van der Waals surface area contributed by atoms with Crippen LogP contribution in [0.2, 0.25) is 5.02 Å². The van der Waals surface area contributed by atoms with Crippen LogP contribution in [-0.2, 0) is 13.0 Å². The smallest absolute Gasteiger partial charge is 0.251 e. The van der Waals surface area contributed by atoms with Crippen molar-refractivity contribution in [2.75, 3.05) is 0 Å². The van der Waals surface area contributed by atoms with Gasteiger partial charge in [0.25, 0.3) is 5.91 Å². The predicted molar refractivity (Wildman–Crippen MR) is 76.2 cm³/mol. The van der Waals surface area contributed by atoms with Crippen LogP contribution in [0.5, 0.6) is 0 Å². The van der Waals surface area contributed by atoms with Gasteiger partial charge in [-0.05, 0) is 18.2 Å². The number of amides is 1. The van der Waals surface area contributed by atoms with Crippen LogP contribution in [0.25, 0.3) is 0 Å². The molecule has 0 aliphatic heterocycles. The number of rotatable bonds is 4. The van der Waals surface area contributed by atoms with E-state index in [0.717, 1.165) is 16.7 Å². The highest BCUT2D eigenvalue weighted by Crippen LogP contribution is 2.19. The van der Waals surface area contributed by atoms with Gasteiger partial charge in [-0.3, -0.25) is 4.79 Å². The van der Waals surface area contributed by atoms with Gasteiger partial charge >= 0.3 is 0 Å². The topological polar surface area (TPSA) is 55.1 Å².